The minimum absolute atomic E-state index is 0.593. The van der Waals surface area contributed by atoms with E-state index < -0.39 is 0 Å². The third kappa shape index (κ3) is 2.54. The van der Waals surface area contributed by atoms with E-state index in [-0.39, 0.29) is 0 Å². The van der Waals surface area contributed by atoms with Gasteiger partial charge in [0.1, 0.15) is 0 Å². The molecule has 2 aromatic rings. The Labute approximate surface area is 110 Å². The van der Waals surface area contributed by atoms with Gasteiger partial charge in [0.15, 0.2) is 0 Å². The normalized spacial score (nSPS) is 19.2. The first-order chi connectivity index (χ1) is 8.93. The van der Waals surface area contributed by atoms with Crippen LogP contribution in [0.1, 0.15) is 12.8 Å². The van der Waals surface area contributed by atoms with E-state index >= 15 is 0 Å². The molecule has 1 aromatic heterocycles. The summed E-state index contributed by atoms with van der Waals surface area (Å²) in [7, 11) is 0. The van der Waals surface area contributed by atoms with Crippen LogP contribution < -0.4 is 5.32 Å². The molecule has 1 aliphatic rings. The van der Waals surface area contributed by atoms with Crippen molar-refractivity contribution < 1.29 is 0 Å². The Kier molecular flexibility index (Phi) is 3.56. The molecule has 0 bridgehead atoms. The summed E-state index contributed by atoms with van der Waals surface area (Å²) in [6.45, 7) is 1.13. The van der Waals surface area contributed by atoms with Crippen LogP contribution in [0.25, 0.3) is 5.69 Å². The number of benzene rings is 1. The molecule has 0 aliphatic carbocycles. The molecule has 6 heteroatoms. The molecule has 3 rings (SSSR count). The maximum absolute atomic E-state index is 4.09. The average Bonchev–Trinajstić information content (AvgIpc) is 3.09. The quantitative estimate of drug-likeness (QED) is 0.845. The van der Waals surface area contributed by atoms with Gasteiger partial charge in [-0.25, -0.2) is 0 Å². The highest BCUT2D eigenvalue weighted by Gasteiger charge is 2.16. The van der Waals surface area contributed by atoms with Gasteiger partial charge in [-0.05, 0) is 41.9 Å². The number of nitrogens with one attached hydrogen (secondary N) is 1. The zero-order valence-corrected chi connectivity index (χ0v) is 10.8. The summed E-state index contributed by atoms with van der Waals surface area (Å²) in [4.78, 5) is 0. The largest absolute Gasteiger partial charge is 0.313 e. The zero-order valence-electron chi connectivity index (χ0n) is 9.99. The van der Waals surface area contributed by atoms with Crippen LogP contribution in [0.2, 0.25) is 0 Å². The third-order valence-corrected chi connectivity index (χ3v) is 4.10. The summed E-state index contributed by atoms with van der Waals surface area (Å²) < 4.78 is 1.79. The Morgan fingerprint density at radius 2 is 2.22 bits per heavy atom. The Hall–Kier alpha value is -1.40. The molecule has 0 unspecified atom stereocenters. The second-order valence-corrected chi connectivity index (χ2v) is 5.30. The number of nitrogens with zero attached hydrogens (tertiary/aromatic N) is 4. The smallest absolute Gasteiger partial charge is 0.214 e. The van der Waals surface area contributed by atoms with E-state index in [1.807, 2.05) is 30.3 Å². The topological polar surface area (TPSA) is 55.6 Å². The van der Waals surface area contributed by atoms with Crippen molar-refractivity contribution in [3.8, 4) is 5.69 Å². The second-order valence-electron chi connectivity index (χ2n) is 4.31. The van der Waals surface area contributed by atoms with Crippen LogP contribution in [-0.4, -0.2) is 38.5 Å². The lowest BCUT2D eigenvalue weighted by Gasteiger charge is -2.08. The number of aromatic nitrogens is 4. The van der Waals surface area contributed by atoms with Crippen molar-refractivity contribution in [3.63, 3.8) is 0 Å². The predicted octanol–water partition coefficient (Wildman–Crippen LogP) is 1.51. The Balaban J connectivity index is 1.71. The van der Waals surface area contributed by atoms with Gasteiger partial charge in [-0.1, -0.05) is 30.0 Å². The molecule has 1 aromatic carbocycles. The summed E-state index contributed by atoms with van der Waals surface area (Å²) in [6, 6.07) is 10.6. The molecule has 1 fully saturated rings. The first-order valence-electron chi connectivity index (χ1n) is 6.13. The summed E-state index contributed by atoms with van der Waals surface area (Å²) in [5, 5.41) is 16.2. The maximum atomic E-state index is 4.09. The Morgan fingerprint density at radius 1 is 1.33 bits per heavy atom. The van der Waals surface area contributed by atoms with Crippen LogP contribution in [0.3, 0.4) is 0 Å². The van der Waals surface area contributed by atoms with Gasteiger partial charge in [0.2, 0.25) is 5.16 Å². The van der Waals surface area contributed by atoms with Gasteiger partial charge in [0.25, 0.3) is 0 Å². The van der Waals surface area contributed by atoms with E-state index in [1.165, 1.54) is 12.8 Å². The van der Waals surface area contributed by atoms with Gasteiger partial charge in [0.05, 0.1) is 5.69 Å². The maximum Gasteiger partial charge on any atom is 0.214 e. The fourth-order valence-electron chi connectivity index (χ4n) is 2.07. The van der Waals surface area contributed by atoms with Crippen LogP contribution in [-0.2, 0) is 0 Å². The molecule has 1 saturated heterocycles. The van der Waals surface area contributed by atoms with Crippen molar-refractivity contribution in [2.75, 3.05) is 12.3 Å². The SMILES string of the molecule is c1ccc(-n2nnnc2SC[C@H]2CCCN2)cc1. The third-order valence-electron chi connectivity index (χ3n) is 3.02. The summed E-state index contributed by atoms with van der Waals surface area (Å²) in [5.41, 5.74) is 1.00. The van der Waals surface area contributed by atoms with Gasteiger partial charge in [-0.2, -0.15) is 4.68 Å². The van der Waals surface area contributed by atoms with Crippen LogP contribution in [0.15, 0.2) is 35.5 Å². The minimum atomic E-state index is 0.593. The molecular formula is C12H15N5S. The molecule has 0 radical (unpaired) electrons. The Morgan fingerprint density at radius 3 is 3.00 bits per heavy atom. The van der Waals surface area contributed by atoms with E-state index in [0.717, 1.165) is 23.1 Å². The van der Waals surface area contributed by atoms with Crippen molar-refractivity contribution in [2.45, 2.75) is 24.0 Å². The number of hydrogen-bond donors (Lipinski definition) is 1. The van der Waals surface area contributed by atoms with Gasteiger partial charge < -0.3 is 5.32 Å². The number of tetrazole rings is 1. The van der Waals surface area contributed by atoms with E-state index in [4.69, 9.17) is 0 Å². The van der Waals surface area contributed by atoms with E-state index in [0.29, 0.717) is 6.04 Å². The highest BCUT2D eigenvalue weighted by molar-refractivity contribution is 7.99. The molecule has 5 nitrogen and oxygen atoms in total. The molecule has 0 saturated carbocycles. The number of para-hydroxylation sites is 1. The molecular weight excluding hydrogens is 246 g/mol. The van der Waals surface area contributed by atoms with Crippen molar-refractivity contribution in [3.05, 3.63) is 30.3 Å². The summed E-state index contributed by atoms with van der Waals surface area (Å²) in [6.07, 6.45) is 2.52. The lowest BCUT2D eigenvalue weighted by Crippen LogP contribution is -2.23. The number of rotatable bonds is 4. The molecule has 2 heterocycles. The summed E-state index contributed by atoms with van der Waals surface area (Å²) >= 11 is 1.71. The predicted molar refractivity (Wildman–Crippen MR) is 70.9 cm³/mol. The lowest BCUT2D eigenvalue weighted by molar-refractivity contribution is 0.671. The first-order valence-corrected chi connectivity index (χ1v) is 7.12. The molecule has 1 N–H and O–H groups in total. The fraction of sp³-hybridized carbons (Fsp3) is 0.417. The monoisotopic (exact) mass is 261 g/mol. The number of hydrogen-bond acceptors (Lipinski definition) is 5. The van der Waals surface area contributed by atoms with Gasteiger partial charge in [0, 0.05) is 11.8 Å². The second kappa shape index (κ2) is 5.49. The zero-order chi connectivity index (χ0) is 12.2. The Bertz CT molecular complexity index is 492. The van der Waals surface area contributed by atoms with Gasteiger partial charge >= 0.3 is 0 Å². The standard InChI is InChI=1S/C12H15N5S/c1-2-6-11(7-3-1)17-12(14-15-16-17)18-9-10-5-4-8-13-10/h1-3,6-7,10,13H,4-5,8-9H2/t10-/m1/s1. The van der Waals surface area contributed by atoms with Gasteiger partial charge in [-0.3, -0.25) is 0 Å². The highest BCUT2D eigenvalue weighted by atomic mass is 32.2. The van der Waals surface area contributed by atoms with Crippen LogP contribution in [0.5, 0.6) is 0 Å². The lowest BCUT2D eigenvalue weighted by atomic mass is 10.3. The molecule has 18 heavy (non-hydrogen) atoms. The fourth-order valence-corrected chi connectivity index (χ4v) is 3.07. The first kappa shape index (κ1) is 11.7. The molecule has 94 valence electrons. The van der Waals surface area contributed by atoms with Crippen molar-refractivity contribution in [1.29, 1.82) is 0 Å². The van der Waals surface area contributed by atoms with E-state index in [1.54, 1.807) is 16.4 Å². The summed E-state index contributed by atoms with van der Waals surface area (Å²) in [5.74, 6) is 1.02. The molecule has 0 spiro atoms. The molecule has 0 amide bonds. The van der Waals surface area contributed by atoms with Crippen molar-refractivity contribution in [2.24, 2.45) is 0 Å². The van der Waals surface area contributed by atoms with E-state index in [2.05, 4.69) is 20.8 Å². The van der Waals surface area contributed by atoms with Crippen molar-refractivity contribution >= 4 is 11.8 Å². The number of thioether (sulfide) groups is 1. The van der Waals surface area contributed by atoms with Gasteiger partial charge in [-0.15, -0.1) is 5.10 Å². The van der Waals surface area contributed by atoms with Crippen molar-refractivity contribution in [1.82, 2.24) is 25.5 Å². The van der Waals surface area contributed by atoms with Crippen LogP contribution >= 0.6 is 11.8 Å². The molecule has 1 atom stereocenters. The van der Waals surface area contributed by atoms with Crippen LogP contribution in [0, 0.1) is 0 Å². The van der Waals surface area contributed by atoms with Crippen LogP contribution in [0.4, 0.5) is 0 Å². The van der Waals surface area contributed by atoms with E-state index in [9.17, 15) is 0 Å². The molecule has 1 aliphatic heterocycles. The minimum Gasteiger partial charge on any atom is -0.313 e. The highest BCUT2D eigenvalue weighted by Crippen LogP contribution is 2.20. The average molecular weight is 261 g/mol.